The highest BCUT2D eigenvalue weighted by Crippen LogP contribution is 2.46. The van der Waals surface area contributed by atoms with E-state index in [0.29, 0.717) is 0 Å². The molecular formula is C48H43N. The van der Waals surface area contributed by atoms with Gasteiger partial charge in [-0.1, -0.05) is 109 Å². The Morgan fingerprint density at radius 3 is 1.14 bits per heavy atom. The second-order valence-corrected chi connectivity index (χ2v) is 14.3. The minimum absolute atomic E-state index is 1.18. The van der Waals surface area contributed by atoms with Crippen LogP contribution in [0.5, 0.6) is 0 Å². The molecule has 0 N–H and O–H groups in total. The van der Waals surface area contributed by atoms with E-state index in [2.05, 4.69) is 144 Å². The highest BCUT2D eigenvalue weighted by atomic mass is 15.1. The van der Waals surface area contributed by atoms with Crippen LogP contribution in [0, 0.1) is 0 Å². The standard InChI is InChI=1S/C48H43N/c1-3-11-34(12-4-1)27-36-19-23-44(24-20-36)49(45-25-21-37(22-26-45)28-35-13-5-2-6-14-35)48-46-32-40-17-9-7-15-38(40)29-42(46)31-43-30-39-16-8-10-18-41(39)33-47(43)48/h7-10,15-33H,1-6,11-14H2. The molecule has 49 heavy (non-hydrogen) atoms. The van der Waals surface area contributed by atoms with E-state index in [0.717, 1.165) is 0 Å². The third-order valence-corrected chi connectivity index (χ3v) is 10.9. The predicted octanol–water partition coefficient (Wildman–Crippen LogP) is 14.5. The van der Waals surface area contributed by atoms with Crippen molar-refractivity contribution in [3.8, 4) is 0 Å². The molecule has 1 heteroatoms. The van der Waals surface area contributed by atoms with Crippen molar-refractivity contribution in [2.45, 2.75) is 64.2 Å². The first kappa shape index (κ1) is 30.0. The summed E-state index contributed by atoms with van der Waals surface area (Å²) in [6.07, 6.45) is 17.8. The lowest BCUT2D eigenvalue weighted by Crippen LogP contribution is -2.11. The molecule has 1 nitrogen and oxygen atoms in total. The van der Waals surface area contributed by atoms with Gasteiger partial charge in [0.05, 0.1) is 5.69 Å². The lowest BCUT2D eigenvalue weighted by Gasteiger charge is -2.29. The normalized spacial score (nSPS) is 15.3. The number of rotatable bonds is 5. The average molecular weight is 634 g/mol. The molecule has 2 saturated carbocycles. The first-order valence-corrected chi connectivity index (χ1v) is 18.4. The molecule has 7 aromatic carbocycles. The van der Waals surface area contributed by atoms with Crippen LogP contribution in [0.2, 0.25) is 0 Å². The topological polar surface area (TPSA) is 3.24 Å². The van der Waals surface area contributed by atoms with Crippen LogP contribution in [0.3, 0.4) is 0 Å². The van der Waals surface area contributed by atoms with Gasteiger partial charge in [-0.05, 0) is 149 Å². The van der Waals surface area contributed by atoms with Crippen molar-refractivity contribution in [3.05, 3.63) is 150 Å². The highest BCUT2D eigenvalue weighted by Gasteiger charge is 2.20. The van der Waals surface area contributed by atoms with Crippen molar-refractivity contribution in [2.75, 3.05) is 4.90 Å². The molecule has 9 rings (SSSR count). The number of hydrogen-bond donors (Lipinski definition) is 0. The molecule has 7 aromatic rings. The van der Waals surface area contributed by atoms with Crippen LogP contribution in [0.4, 0.5) is 17.1 Å². The number of nitrogens with zero attached hydrogens (tertiary/aromatic N) is 1. The van der Waals surface area contributed by atoms with Crippen molar-refractivity contribution >= 4 is 72.3 Å². The number of hydrogen-bond acceptors (Lipinski definition) is 1. The molecule has 2 aliphatic carbocycles. The zero-order chi connectivity index (χ0) is 32.6. The van der Waals surface area contributed by atoms with Gasteiger partial charge in [-0.15, -0.1) is 0 Å². The van der Waals surface area contributed by atoms with Gasteiger partial charge in [-0.2, -0.15) is 0 Å². The van der Waals surface area contributed by atoms with Gasteiger partial charge >= 0.3 is 0 Å². The maximum absolute atomic E-state index is 2.52. The molecule has 0 aliphatic heterocycles. The third kappa shape index (κ3) is 6.04. The zero-order valence-electron chi connectivity index (χ0n) is 28.3. The van der Waals surface area contributed by atoms with E-state index in [1.54, 1.807) is 11.1 Å². The average Bonchev–Trinajstić information content (AvgIpc) is 3.15. The molecule has 0 bridgehead atoms. The maximum Gasteiger partial charge on any atom is 0.0618 e. The second kappa shape index (κ2) is 13.1. The Hall–Kier alpha value is -5.14. The summed E-state index contributed by atoms with van der Waals surface area (Å²) in [6, 6.07) is 48.1. The molecule has 0 unspecified atom stereocenters. The summed E-state index contributed by atoms with van der Waals surface area (Å²) in [5.74, 6) is 0. The molecule has 0 spiro atoms. The molecule has 2 aliphatic rings. The van der Waals surface area contributed by atoms with E-state index in [4.69, 9.17) is 0 Å². The second-order valence-electron chi connectivity index (χ2n) is 14.3. The Kier molecular flexibility index (Phi) is 7.98. The largest absolute Gasteiger partial charge is 0.309 e. The van der Waals surface area contributed by atoms with Crippen LogP contribution in [0.1, 0.15) is 75.3 Å². The van der Waals surface area contributed by atoms with Gasteiger partial charge in [0.15, 0.2) is 0 Å². The number of fused-ring (bicyclic) bond motifs is 4. The van der Waals surface area contributed by atoms with Gasteiger partial charge in [0.1, 0.15) is 0 Å². The quantitative estimate of drug-likeness (QED) is 0.171. The van der Waals surface area contributed by atoms with Crippen molar-refractivity contribution < 1.29 is 0 Å². The number of allylic oxidation sites excluding steroid dienone is 2. The molecule has 2 fully saturated rings. The van der Waals surface area contributed by atoms with Gasteiger partial charge in [-0.25, -0.2) is 0 Å². The Labute approximate surface area is 290 Å². The minimum Gasteiger partial charge on any atom is -0.309 e. The van der Waals surface area contributed by atoms with E-state index in [9.17, 15) is 0 Å². The maximum atomic E-state index is 2.52. The predicted molar refractivity (Wildman–Crippen MR) is 213 cm³/mol. The van der Waals surface area contributed by atoms with E-state index < -0.39 is 0 Å². The Bertz CT molecular complexity index is 2190. The van der Waals surface area contributed by atoms with Crippen LogP contribution in [0.25, 0.3) is 55.2 Å². The summed E-state index contributed by atoms with van der Waals surface area (Å²) in [5, 5.41) is 10.1. The SMILES string of the molecule is C(=C1CCCCC1)c1ccc(N(c2ccc(C=C3CCCCC3)cc2)c2c3cc4ccccc4cc3cc3cc4ccccc4cc23)cc1. The van der Waals surface area contributed by atoms with Gasteiger partial charge in [0.2, 0.25) is 0 Å². The van der Waals surface area contributed by atoms with E-state index >= 15 is 0 Å². The summed E-state index contributed by atoms with van der Waals surface area (Å²) in [7, 11) is 0. The Morgan fingerprint density at radius 2 is 0.735 bits per heavy atom. The molecular weight excluding hydrogens is 591 g/mol. The van der Waals surface area contributed by atoms with Crippen molar-refractivity contribution in [1.82, 2.24) is 0 Å². The van der Waals surface area contributed by atoms with Crippen LogP contribution >= 0.6 is 0 Å². The number of anilines is 3. The summed E-state index contributed by atoms with van der Waals surface area (Å²) in [5.41, 5.74) is 9.39. The number of benzene rings is 7. The lowest BCUT2D eigenvalue weighted by atomic mass is 9.93. The molecule has 0 atom stereocenters. The van der Waals surface area contributed by atoms with Gasteiger partial charge < -0.3 is 4.90 Å². The third-order valence-electron chi connectivity index (χ3n) is 10.9. The first-order chi connectivity index (χ1) is 24.2. The molecule has 0 amide bonds. The van der Waals surface area contributed by atoms with Gasteiger partial charge in [0, 0.05) is 22.1 Å². The molecule has 240 valence electrons. The fourth-order valence-electron chi connectivity index (χ4n) is 8.34. The smallest absolute Gasteiger partial charge is 0.0618 e. The molecule has 0 aromatic heterocycles. The fourth-order valence-corrected chi connectivity index (χ4v) is 8.34. The minimum atomic E-state index is 1.18. The van der Waals surface area contributed by atoms with Gasteiger partial charge in [0.25, 0.3) is 0 Å². The fraction of sp³-hybridized carbons (Fsp3) is 0.208. The Morgan fingerprint density at radius 1 is 0.367 bits per heavy atom. The monoisotopic (exact) mass is 633 g/mol. The lowest BCUT2D eigenvalue weighted by molar-refractivity contribution is 0.602. The summed E-state index contributed by atoms with van der Waals surface area (Å²) >= 11 is 0. The van der Waals surface area contributed by atoms with E-state index in [-0.39, 0.29) is 0 Å². The van der Waals surface area contributed by atoms with E-state index in [1.165, 1.54) is 135 Å². The summed E-state index contributed by atoms with van der Waals surface area (Å²) in [6.45, 7) is 0. The van der Waals surface area contributed by atoms with Crippen molar-refractivity contribution in [3.63, 3.8) is 0 Å². The first-order valence-electron chi connectivity index (χ1n) is 18.4. The van der Waals surface area contributed by atoms with Crippen LogP contribution in [0.15, 0.2) is 139 Å². The van der Waals surface area contributed by atoms with Crippen LogP contribution in [-0.2, 0) is 0 Å². The zero-order valence-corrected chi connectivity index (χ0v) is 28.3. The van der Waals surface area contributed by atoms with Gasteiger partial charge in [-0.3, -0.25) is 0 Å². The van der Waals surface area contributed by atoms with Crippen LogP contribution in [-0.4, -0.2) is 0 Å². The Balaban J connectivity index is 1.27. The van der Waals surface area contributed by atoms with Crippen molar-refractivity contribution in [1.29, 1.82) is 0 Å². The molecule has 0 saturated heterocycles. The molecule has 0 heterocycles. The summed E-state index contributed by atoms with van der Waals surface area (Å²) in [4.78, 5) is 2.52. The van der Waals surface area contributed by atoms with E-state index in [1.807, 2.05) is 0 Å². The highest BCUT2D eigenvalue weighted by molar-refractivity contribution is 6.19. The summed E-state index contributed by atoms with van der Waals surface area (Å²) < 4.78 is 0. The van der Waals surface area contributed by atoms with Crippen molar-refractivity contribution in [2.24, 2.45) is 0 Å². The van der Waals surface area contributed by atoms with Crippen LogP contribution < -0.4 is 4.90 Å². The molecule has 0 radical (unpaired) electrons.